The first-order valence-corrected chi connectivity index (χ1v) is 11.6. The third kappa shape index (κ3) is 4.70. The molecule has 1 aromatic carbocycles. The number of benzene rings is 1. The number of hydrogen-bond acceptors (Lipinski definition) is 3. The second kappa shape index (κ2) is 9.16. The fraction of sp³-hybridized carbons (Fsp3) is 0.429. The molecule has 1 aromatic rings. The fourth-order valence-electron chi connectivity index (χ4n) is 3.36. The van der Waals surface area contributed by atoms with E-state index in [9.17, 15) is 4.79 Å². The topological polar surface area (TPSA) is 35.5 Å². The molecular formula is C21H29O3Si. The van der Waals surface area contributed by atoms with Crippen LogP contribution in [-0.4, -0.2) is 14.0 Å². The molecule has 0 unspecified atom stereocenters. The number of carbonyl (C=O) groups is 1. The summed E-state index contributed by atoms with van der Waals surface area (Å²) in [5.74, 6) is 0.325. The molecule has 0 N–H and O–H groups in total. The molecule has 3 nitrogen and oxygen atoms in total. The summed E-state index contributed by atoms with van der Waals surface area (Å²) in [6.45, 7) is 12.3. The largest absolute Gasteiger partial charge is 0.373 e. The fourth-order valence-corrected chi connectivity index (χ4v) is 5.78. The van der Waals surface area contributed by atoms with Crippen LogP contribution in [0, 0.1) is 12.0 Å². The van der Waals surface area contributed by atoms with Gasteiger partial charge in [-0.3, -0.25) is 4.89 Å². The Balaban J connectivity index is 1.92. The number of rotatable bonds is 8. The van der Waals surface area contributed by atoms with Gasteiger partial charge in [0.15, 0.2) is 0 Å². The van der Waals surface area contributed by atoms with Crippen LogP contribution in [0.25, 0.3) is 0 Å². The first-order valence-electron chi connectivity index (χ1n) is 9.19. The van der Waals surface area contributed by atoms with Gasteiger partial charge in [-0.25, -0.2) is 4.79 Å². The van der Waals surface area contributed by atoms with Crippen LogP contribution in [0.15, 0.2) is 48.8 Å². The van der Waals surface area contributed by atoms with Crippen molar-refractivity contribution in [2.45, 2.75) is 52.0 Å². The zero-order chi connectivity index (χ0) is 18.3. The molecule has 0 bridgehead atoms. The van der Waals surface area contributed by atoms with Gasteiger partial charge in [0.05, 0.1) is 5.56 Å². The van der Waals surface area contributed by atoms with Crippen LogP contribution >= 0.6 is 0 Å². The summed E-state index contributed by atoms with van der Waals surface area (Å²) in [6.07, 6.45) is 6.08. The standard InChI is InChI=1S/C21H29O3Si/c1-5-17-9-13-19(14-10-17)23-24-21(22)18-11-15-20(16-12-18)25(6-2,7-3)8-4/h6-7,11-12,15-17H,2-3,5,8-10,13-14H2,1,4H3. The monoisotopic (exact) mass is 357 g/mol. The molecule has 1 fully saturated rings. The van der Waals surface area contributed by atoms with Gasteiger partial charge in [-0.05, 0) is 49.8 Å². The van der Waals surface area contributed by atoms with E-state index in [-0.39, 0.29) is 0 Å². The maximum absolute atomic E-state index is 12.2. The van der Waals surface area contributed by atoms with Crippen LogP contribution < -0.4 is 5.19 Å². The Labute approximate surface area is 152 Å². The highest BCUT2D eigenvalue weighted by atomic mass is 28.3. The zero-order valence-corrected chi connectivity index (χ0v) is 16.4. The summed E-state index contributed by atoms with van der Waals surface area (Å²) < 4.78 is 0. The van der Waals surface area contributed by atoms with Gasteiger partial charge in [0.1, 0.15) is 14.2 Å². The Morgan fingerprint density at radius 1 is 1.16 bits per heavy atom. The quantitative estimate of drug-likeness (QED) is 0.372. The molecule has 0 aromatic heterocycles. The molecule has 2 rings (SSSR count). The maximum Gasteiger partial charge on any atom is 0.373 e. The molecule has 0 spiro atoms. The molecule has 0 heterocycles. The lowest BCUT2D eigenvalue weighted by atomic mass is 9.86. The highest BCUT2D eigenvalue weighted by Crippen LogP contribution is 2.32. The first kappa shape index (κ1) is 19.7. The Bertz CT molecular complexity index is 578. The Morgan fingerprint density at radius 3 is 2.24 bits per heavy atom. The Kier molecular flexibility index (Phi) is 7.20. The van der Waals surface area contributed by atoms with Crippen molar-refractivity contribution in [2.75, 3.05) is 0 Å². The van der Waals surface area contributed by atoms with E-state index >= 15 is 0 Å². The van der Waals surface area contributed by atoms with Crippen LogP contribution in [0.2, 0.25) is 6.04 Å². The van der Waals surface area contributed by atoms with Crippen molar-refractivity contribution in [3.63, 3.8) is 0 Å². The van der Waals surface area contributed by atoms with Crippen molar-refractivity contribution in [3.05, 3.63) is 60.5 Å². The maximum atomic E-state index is 12.2. The summed E-state index contributed by atoms with van der Waals surface area (Å²) >= 11 is 0. The molecule has 25 heavy (non-hydrogen) atoms. The average Bonchev–Trinajstić information content (AvgIpc) is 2.69. The molecule has 4 heteroatoms. The highest BCUT2D eigenvalue weighted by molar-refractivity contribution is 6.99. The Morgan fingerprint density at radius 2 is 1.76 bits per heavy atom. The van der Waals surface area contributed by atoms with Gasteiger partial charge >= 0.3 is 5.97 Å². The van der Waals surface area contributed by atoms with E-state index in [4.69, 9.17) is 9.78 Å². The molecule has 0 atom stereocenters. The molecule has 1 saturated carbocycles. The highest BCUT2D eigenvalue weighted by Gasteiger charge is 2.27. The van der Waals surface area contributed by atoms with Gasteiger partial charge in [0.25, 0.3) is 0 Å². The van der Waals surface area contributed by atoms with E-state index < -0.39 is 14.0 Å². The number of carbonyl (C=O) groups excluding carboxylic acids is 1. The third-order valence-corrected chi connectivity index (χ3v) is 9.48. The summed E-state index contributed by atoms with van der Waals surface area (Å²) in [7, 11) is -1.87. The second-order valence-corrected chi connectivity index (χ2v) is 10.9. The van der Waals surface area contributed by atoms with E-state index in [0.717, 1.165) is 43.7 Å². The summed E-state index contributed by atoms with van der Waals surface area (Å²) in [5.41, 5.74) is 4.55. The summed E-state index contributed by atoms with van der Waals surface area (Å²) in [4.78, 5) is 22.5. The summed E-state index contributed by atoms with van der Waals surface area (Å²) in [5, 5.41) is 1.20. The molecule has 1 radical (unpaired) electrons. The smallest absolute Gasteiger partial charge is 0.292 e. The van der Waals surface area contributed by atoms with Crippen molar-refractivity contribution in [2.24, 2.45) is 5.92 Å². The molecule has 1 aliphatic rings. The van der Waals surface area contributed by atoms with E-state index in [1.165, 1.54) is 11.6 Å². The van der Waals surface area contributed by atoms with Crippen molar-refractivity contribution in [1.29, 1.82) is 0 Å². The predicted molar refractivity (Wildman–Crippen MR) is 105 cm³/mol. The van der Waals surface area contributed by atoms with Crippen LogP contribution in [0.5, 0.6) is 0 Å². The van der Waals surface area contributed by atoms with Gasteiger partial charge < -0.3 is 0 Å². The van der Waals surface area contributed by atoms with Gasteiger partial charge in [-0.15, -0.1) is 13.2 Å². The van der Waals surface area contributed by atoms with Crippen molar-refractivity contribution in [1.82, 2.24) is 0 Å². The minimum absolute atomic E-state index is 0.447. The lowest BCUT2D eigenvalue weighted by Gasteiger charge is -2.25. The van der Waals surface area contributed by atoms with Crippen molar-refractivity contribution in [3.8, 4) is 0 Å². The van der Waals surface area contributed by atoms with Crippen LogP contribution in [0.3, 0.4) is 0 Å². The molecule has 0 aliphatic heterocycles. The molecule has 1 aliphatic carbocycles. The number of hydrogen-bond donors (Lipinski definition) is 0. The van der Waals surface area contributed by atoms with E-state index in [1.54, 1.807) is 12.1 Å². The third-order valence-electron chi connectivity index (χ3n) is 5.45. The SMILES string of the molecule is C=C[Si](C=C)(CC)c1ccc(C(=O)OO[C]2CCC(CC)CC2)cc1. The van der Waals surface area contributed by atoms with Gasteiger partial charge in [0, 0.05) is 0 Å². The lowest BCUT2D eigenvalue weighted by molar-refractivity contribution is -0.240. The minimum Gasteiger partial charge on any atom is -0.292 e. The van der Waals surface area contributed by atoms with Crippen LogP contribution in [0.4, 0.5) is 0 Å². The van der Waals surface area contributed by atoms with E-state index in [2.05, 4.69) is 27.0 Å². The summed E-state index contributed by atoms with van der Waals surface area (Å²) in [6, 6.07) is 8.56. The van der Waals surface area contributed by atoms with E-state index in [1.807, 2.05) is 23.5 Å². The second-order valence-electron chi connectivity index (χ2n) is 6.72. The molecule has 135 valence electrons. The minimum atomic E-state index is -1.87. The predicted octanol–water partition coefficient (Wildman–Crippen LogP) is 5.03. The van der Waals surface area contributed by atoms with Gasteiger partial charge in [-0.1, -0.05) is 49.0 Å². The average molecular weight is 358 g/mol. The normalized spacial score (nSPS) is 16.4. The zero-order valence-electron chi connectivity index (χ0n) is 15.4. The van der Waals surface area contributed by atoms with Crippen molar-refractivity contribution >= 4 is 19.2 Å². The first-order chi connectivity index (χ1) is 12.1. The van der Waals surface area contributed by atoms with Gasteiger partial charge in [0.2, 0.25) is 0 Å². The molecule has 0 saturated heterocycles. The molecular weight excluding hydrogens is 328 g/mol. The van der Waals surface area contributed by atoms with Crippen molar-refractivity contribution < 1.29 is 14.6 Å². The van der Waals surface area contributed by atoms with Crippen LogP contribution in [0.1, 0.15) is 56.3 Å². The van der Waals surface area contributed by atoms with E-state index in [0.29, 0.717) is 5.56 Å². The lowest BCUT2D eigenvalue weighted by Crippen LogP contribution is -2.43. The van der Waals surface area contributed by atoms with Gasteiger partial charge in [-0.2, -0.15) is 4.89 Å². The van der Waals surface area contributed by atoms with Crippen LogP contribution in [-0.2, 0) is 9.78 Å². The molecule has 0 amide bonds. The Hall–Kier alpha value is -1.65.